The zero-order valence-electron chi connectivity index (χ0n) is 9.85. The Morgan fingerprint density at radius 2 is 1.88 bits per heavy atom. The third-order valence-electron chi connectivity index (χ3n) is 2.18. The molecular weight excluding hydrogens is 406 g/mol. The molecule has 1 aliphatic carbocycles. The molecule has 16 heavy (non-hydrogen) atoms. The minimum atomic E-state index is 0. The molecule has 1 aromatic rings. The van der Waals surface area contributed by atoms with Gasteiger partial charge in [-0.05, 0) is 0 Å². The summed E-state index contributed by atoms with van der Waals surface area (Å²) >= 11 is 0. The number of allylic oxidation sites excluding steroid dienone is 4. The fourth-order valence-electron chi connectivity index (χ4n) is 1.11. The van der Waals surface area contributed by atoms with Crippen molar-refractivity contribution >= 4 is 0 Å². The van der Waals surface area contributed by atoms with Gasteiger partial charge in [-0.25, -0.2) is 23.8 Å². The topological polar surface area (TPSA) is 0 Å². The van der Waals surface area contributed by atoms with Crippen LogP contribution in [0.25, 0.3) is 0 Å². The largest absolute Gasteiger partial charge is 4.00 e. The predicted molar refractivity (Wildman–Crippen MR) is 57.7 cm³/mol. The van der Waals surface area contributed by atoms with Crippen molar-refractivity contribution in [2.75, 3.05) is 0 Å². The average Bonchev–Trinajstić information content (AvgIpc) is 2.67. The summed E-state index contributed by atoms with van der Waals surface area (Å²) in [4.78, 5) is 0. The van der Waals surface area contributed by atoms with Crippen molar-refractivity contribution in [3.63, 3.8) is 0 Å². The van der Waals surface area contributed by atoms with Gasteiger partial charge in [-0.2, -0.15) is 23.3 Å². The van der Waals surface area contributed by atoms with Crippen molar-refractivity contribution in [2.45, 2.75) is 27.2 Å². The summed E-state index contributed by atoms with van der Waals surface area (Å²) in [7, 11) is 0. The van der Waals surface area contributed by atoms with Gasteiger partial charge in [-0.1, -0.05) is 20.8 Å². The second kappa shape index (κ2) is 11.8. The molecule has 0 amide bonds. The molecule has 1 aliphatic rings. The van der Waals surface area contributed by atoms with E-state index in [1.165, 1.54) is 16.7 Å². The van der Waals surface area contributed by atoms with Crippen LogP contribution in [0.3, 0.4) is 0 Å². The fraction of sp³-hybridized carbons (Fsp3) is 0.308. The van der Waals surface area contributed by atoms with Crippen LogP contribution in [0.5, 0.6) is 0 Å². The Bertz CT molecular complexity index is 305. The van der Waals surface area contributed by atoms with E-state index in [1.54, 1.807) is 0 Å². The van der Waals surface area contributed by atoms with E-state index in [4.69, 9.17) is 0 Å². The molecule has 0 bridgehead atoms. The molecule has 86 valence electrons. The van der Waals surface area contributed by atoms with Gasteiger partial charge in [0, 0.05) is 0 Å². The van der Waals surface area contributed by atoms with E-state index in [9.17, 15) is 0 Å². The van der Waals surface area contributed by atoms with Crippen molar-refractivity contribution in [3.8, 4) is 0 Å². The molecule has 0 spiro atoms. The maximum atomic E-state index is 3.12. The monoisotopic (exact) mass is 422 g/mol. The van der Waals surface area contributed by atoms with Gasteiger partial charge < -0.3 is 24.8 Å². The van der Waals surface area contributed by atoms with Gasteiger partial charge in [0.1, 0.15) is 0 Å². The Morgan fingerprint density at radius 1 is 1.25 bits per heavy atom. The molecular formula is C13H16Cl2Hf. The molecule has 0 nitrogen and oxygen atoms in total. The summed E-state index contributed by atoms with van der Waals surface area (Å²) in [6.45, 7) is 6.30. The van der Waals surface area contributed by atoms with Gasteiger partial charge in [0.25, 0.3) is 0 Å². The molecule has 1 aromatic carbocycles. The summed E-state index contributed by atoms with van der Waals surface area (Å²) in [6.07, 6.45) is 8.33. The van der Waals surface area contributed by atoms with Crippen LogP contribution in [0.15, 0.2) is 35.9 Å². The van der Waals surface area contributed by atoms with Gasteiger partial charge in [-0.15, -0.1) is 6.42 Å². The minimum absolute atomic E-state index is 0. The Morgan fingerprint density at radius 3 is 2.00 bits per heavy atom. The molecule has 0 radical (unpaired) electrons. The molecule has 0 atom stereocenters. The zero-order valence-corrected chi connectivity index (χ0v) is 15.0. The van der Waals surface area contributed by atoms with Gasteiger partial charge in [0.2, 0.25) is 0 Å². The number of halogens is 2. The van der Waals surface area contributed by atoms with Gasteiger partial charge >= 0.3 is 25.8 Å². The standard InChI is InChI=1S/C7H9.C6H7.2ClH.Hf/c1-6-4-3-5-7(6)2;1-6-4-2-3-5-6;;;/h3-5H,1-2H3;2,4H,3H2,1H3;2*1H;/q2*-1;;;+4/p-2. The Labute approximate surface area is 130 Å². The first kappa shape index (κ1) is 21.6. The summed E-state index contributed by atoms with van der Waals surface area (Å²) in [5.74, 6) is 0. The van der Waals surface area contributed by atoms with Crippen LogP contribution in [-0.4, -0.2) is 0 Å². The zero-order chi connectivity index (χ0) is 9.68. The molecule has 0 saturated carbocycles. The Kier molecular flexibility index (Phi) is 15.8. The van der Waals surface area contributed by atoms with E-state index in [-0.39, 0.29) is 50.7 Å². The number of hydrogen-bond donors (Lipinski definition) is 0. The van der Waals surface area contributed by atoms with Crippen molar-refractivity contribution < 1.29 is 50.7 Å². The van der Waals surface area contributed by atoms with E-state index in [1.807, 2.05) is 0 Å². The van der Waals surface area contributed by atoms with E-state index in [0.717, 1.165) is 6.42 Å². The third-order valence-corrected chi connectivity index (χ3v) is 2.18. The molecule has 3 heteroatoms. The van der Waals surface area contributed by atoms with Gasteiger partial charge in [0.05, 0.1) is 0 Å². The van der Waals surface area contributed by atoms with Crippen molar-refractivity contribution in [1.82, 2.24) is 0 Å². The van der Waals surface area contributed by atoms with Crippen molar-refractivity contribution in [1.29, 1.82) is 0 Å². The van der Waals surface area contributed by atoms with E-state index in [0.29, 0.717) is 0 Å². The molecule has 0 aliphatic heterocycles. The summed E-state index contributed by atoms with van der Waals surface area (Å²) in [5, 5.41) is 0. The van der Waals surface area contributed by atoms with Gasteiger partial charge in [0.15, 0.2) is 0 Å². The quantitative estimate of drug-likeness (QED) is 0.327. The maximum Gasteiger partial charge on any atom is 4.00 e. The Hall–Kier alpha value is 0.280. The van der Waals surface area contributed by atoms with Crippen LogP contribution < -0.4 is 24.8 Å². The van der Waals surface area contributed by atoms with Crippen LogP contribution >= 0.6 is 0 Å². The van der Waals surface area contributed by atoms with Crippen LogP contribution in [0.1, 0.15) is 24.5 Å². The predicted octanol–water partition coefficient (Wildman–Crippen LogP) is -2.28. The maximum absolute atomic E-state index is 3.12. The normalized spacial score (nSPS) is 11.1. The van der Waals surface area contributed by atoms with E-state index < -0.39 is 0 Å². The summed E-state index contributed by atoms with van der Waals surface area (Å²) in [5.41, 5.74) is 4.05. The SMILES string of the molecule is CC1=[C-]CC=C1.Cc1ccc[c-]1C.[Cl-].[Cl-].[Hf+4]. The average molecular weight is 422 g/mol. The first-order valence-corrected chi connectivity index (χ1v) is 4.63. The number of hydrogen-bond acceptors (Lipinski definition) is 0. The number of rotatable bonds is 0. The van der Waals surface area contributed by atoms with E-state index in [2.05, 4.69) is 57.2 Å². The second-order valence-electron chi connectivity index (χ2n) is 3.36. The minimum Gasteiger partial charge on any atom is -1.00 e. The molecule has 0 heterocycles. The molecule has 0 N–H and O–H groups in total. The van der Waals surface area contributed by atoms with Crippen LogP contribution in [0.2, 0.25) is 0 Å². The smallest absolute Gasteiger partial charge is 1.00 e. The fourth-order valence-corrected chi connectivity index (χ4v) is 1.11. The number of aryl methyl sites for hydroxylation is 2. The summed E-state index contributed by atoms with van der Waals surface area (Å²) in [6, 6.07) is 6.31. The third kappa shape index (κ3) is 8.43. The molecule has 0 unspecified atom stereocenters. The van der Waals surface area contributed by atoms with Gasteiger partial charge in [-0.3, -0.25) is 6.08 Å². The van der Waals surface area contributed by atoms with Crippen LogP contribution in [0.4, 0.5) is 0 Å². The van der Waals surface area contributed by atoms with Crippen molar-refractivity contribution in [3.05, 3.63) is 53.1 Å². The van der Waals surface area contributed by atoms with Crippen molar-refractivity contribution in [2.24, 2.45) is 0 Å². The summed E-state index contributed by atoms with van der Waals surface area (Å²) < 4.78 is 0. The second-order valence-corrected chi connectivity index (χ2v) is 3.36. The first-order chi connectivity index (χ1) is 6.20. The Balaban J connectivity index is -0.000000179. The molecule has 0 aromatic heterocycles. The molecule has 0 fully saturated rings. The molecule has 2 rings (SSSR count). The molecule has 0 saturated heterocycles. The van der Waals surface area contributed by atoms with E-state index >= 15 is 0 Å². The van der Waals surface area contributed by atoms with Crippen LogP contribution in [-0.2, 0) is 25.8 Å². The first-order valence-electron chi connectivity index (χ1n) is 4.63. The van der Waals surface area contributed by atoms with Crippen LogP contribution in [0, 0.1) is 19.9 Å².